The van der Waals surface area contributed by atoms with Gasteiger partial charge in [-0.05, 0) is 30.4 Å². The van der Waals surface area contributed by atoms with Crippen LogP contribution in [-0.4, -0.2) is 26.7 Å². The van der Waals surface area contributed by atoms with Gasteiger partial charge in [0.25, 0.3) is 5.91 Å². The van der Waals surface area contributed by atoms with Gasteiger partial charge >= 0.3 is 12.4 Å². The van der Waals surface area contributed by atoms with Gasteiger partial charge in [0.05, 0.1) is 17.3 Å². The van der Waals surface area contributed by atoms with E-state index in [2.05, 4.69) is 15.4 Å². The van der Waals surface area contributed by atoms with E-state index in [1.54, 1.807) is 0 Å². The Bertz CT molecular complexity index is 903. The quantitative estimate of drug-likeness (QED) is 0.702. The number of carbonyl (C=O) groups excluding carboxylic acids is 1. The summed E-state index contributed by atoms with van der Waals surface area (Å²) in [7, 11) is 0. The van der Waals surface area contributed by atoms with E-state index in [1.807, 2.05) is 13.8 Å². The first-order valence-electron chi connectivity index (χ1n) is 9.39. The molecule has 0 aromatic carbocycles. The molecule has 1 fully saturated rings. The smallest absolute Gasteiger partial charge is 0.349 e. The highest BCUT2D eigenvalue weighted by molar-refractivity contribution is 5.95. The molecule has 2 aromatic heterocycles. The molecule has 2 heterocycles. The molecule has 1 amide bonds. The van der Waals surface area contributed by atoms with Crippen molar-refractivity contribution in [3.63, 3.8) is 0 Å². The number of hydrogen-bond acceptors (Lipinski definition) is 3. The molecule has 0 saturated heterocycles. The van der Waals surface area contributed by atoms with Crippen LogP contribution < -0.4 is 5.32 Å². The lowest BCUT2D eigenvalue weighted by molar-refractivity contribution is -0.143. The SMILES string of the molecule is CC1CCCC(NC(=O)c2cnn(-c3ccc(C(F)(F)F)cn3)c2C(F)(F)F)C1C. The highest BCUT2D eigenvalue weighted by Crippen LogP contribution is 2.35. The second kappa shape index (κ2) is 7.92. The van der Waals surface area contributed by atoms with Gasteiger partial charge in [-0.2, -0.15) is 31.4 Å². The number of amides is 1. The van der Waals surface area contributed by atoms with Crippen molar-refractivity contribution in [3.8, 4) is 5.82 Å². The van der Waals surface area contributed by atoms with E-state index in [0.717, 1.165) is 25.1 Å². The number of hydrogen-bond donors (Lipinski definition) is 1. The lowest BCUT2D eigenvalue weighted by Gasteiger charge is -2.34. The lowest BCUT2D eigenvalue weighted by atomic mass is 9.78. The molecule has 3 atom stereocenters. The Morgan fingerprint density at radius 2 is 1.77 bits per heavy atom. The van der Waals surface area contributed by atoms with Crippen LogP contribution in [0, 0.1) is 11.8 Å². The molecule has 0 aliphatic heterocycles. The first kappa shape index (κ1) is 22.1. The zero-order valence-corrected chi connectivity index (χ0v) is 16.2. The minimum atomic E-state index is -4.97. The first-order chi connectivity index (χ1) is 13.9. The van der Waals surface area contributed by atoms with Crippen LogP contribution in [0.15, 0.2) is 24.5 Å². The zero-order chi connectivity index (χ0) is 22.3. The molecule has 2 aromatic rings. The zero-order valence-electron chi connectivity index (χ0n) is 16.2. The molecule has 0 bridgehead atoms. The van der Waals surface area contributed by atoms with Crippen LogP contribution >= 0.6 is 0 Å². The van der Waals surface area contributed by atoms with Crippen molar-refractivity contribution < 1.29 is 31.1 Å². The van der Waals surface area contributed by atoms with Crippen LogP contribution in [0.4, 0.5) is 26.3 Å². The van der Waals surface area contributed by atoms with Crippen LogP contribution in [-0.2, 0) is 12.4 Å². The Morgan fingerprint density at radius 3 is 2.33 bits per heavy atom. The Balaban J connectivity index is 1.93. The minimum absolute atomic E-state index is 0.101. The van der Waals surface area contributed by atoms with Crippen molar-refractivity contribution in [2.24, 2.45) is 11.8 Å². The van der Waals surface area contributed by atoms with Gasteiger partial charge in [-0.3, -0.25) is 4.79 Å². The fourth-order valence-electron chi connectivity index (χ4n) is 3.67. The average Bonchev–Trinajstić information content (AvgIpc) is 3.10. The van der Waals surface area contributed by atoms with E-state index >= 15 is 0 Å². The average molecular weight is 434 g/mol. The second-order valence-corrected chi connectivity index (χ2v) is 7.57. The van der Waals surface area contributed by atoms with Crippen LogP contribution in [0.25, 0.3) is 5.82 Å². The number of rotatable bonds is 3. The molecule has 0 radical (unpaired) electrons. The Labute approximate surface area is 168 Å². The Morgan fingerprint density at radius 1 is 1.07 bits per heavy atom. The van der Waals surface area contributed by atoms with Gasteiger partial charge in [-0.25, -0.2) is 9.67 Å². The van der Waals surface area contributed by atoms with Crippen molar-refractivity contribution in [1.82, 2.24) is 20.1 Å². The summed E-state index contributed by atoms with van der Waals surface area (Å²) in [5, 5.41) is 6.25. The topological polar surface area (TPSA) is 59.8 Å². The van der Waals surface area contributed by atoms with Gasteiger partial charge in [0.2, 0.25) is 0 Å². The fraction of sp³-hybridized carbons (Fsp3) is 0.526. The fourth-order valence-corrected chi connectivity index (χ4v) is 3.67. The Kier molecular flexibility index (Phi) is 5.83. The predicted molar refractivity (Wildman–Crippen MR) is 94.8 cm³/mol. The molecule has 164 valence electrons. The van der Waals surface area contributed by atoms with E-state index in [4.69, 9.17) is 0 Å². The molecule has 1 N–H and O–H groups in total. The number of halogens is 6. The molecule has 1 aliphatic carbocycles. The summed E-state index contributed by atoms with van der Waals surface area (Å²) >= 11 is 0. The van der Waals surface area contributed by atoms with Crippen molar-refractivity contribution in [1.29, 1.82) is 0 Å². The van der Waals surface area contributed by atoms with Crippen molar-refractivity contribution in [2.45, 2.75) is 51.5 Å². The summed E-state index contributed by atoms with van der Waals surface area (Å²) < 4.78 is 79.6. The largest absolute Gasteiger partial charge is 0.434 e. The predicted octanol–water partition coefficient (Wildman–Crippen LogP) is 4.86. The molecule has 3 unspecified atom stereocenters. The van der Waals surface area contributed by atoms with Crippen LogP contribution in [0.5, 0.6) is 0 Å². The standard InChI is InChI=1S/C19H20F6N4O/c1-10-4-3-5-14(11(10)2)28-17(30)13-9-27-29(16(13)19(23,24)25)15-7-6-12(8-26-15)18(20,21)22/h6-11,14H,3-5H2,1-2H3,(H,28,30). The monoisotopic (exact) mass is 434 g/mol. The second-order valence-electron chi connectivity index (χ2n) is 7.57. The van der Waals surface area contributed by atoms with Gasteiger partial charge in [0, 0.05) is 12.2 Å². The summed E-state index contributed by atoms with van der Waals surface area (Å²) in [6.07, 6.45) is -5.97. The summed E-state index contributed by atoms with van der Waals surface area (Å²) in [5.74, 6) is -0.977. The highest BCUT2D eigenvalue weighted by atomic mass is 19.4. The van der Waals surface area contributed by atoms with Gasteiger partial charge in [-0.15, -0.1) is 0 Å². The summed E-state index contributed by atoms with van der Waals surface area (Å²) in [4.78, 5) is 16.1. The van der Waals surface area contributed by atoms with Crippen molar-refractivity contribution >= 4 is 5.91 Å². The van der Waals surface area contributed by atoms with Crippen LogP contribution in [0.3, 0.4) is 0 Å². The first-order valence-corrected chi connectivity index (χ1v) is 9.39. The molecule has 1 aliphatic rings. The molecular formula is C19H20F6N4O. The maximum atomic E-state index is 13.7. The number of nitrogens with one attached hydrogen (secondary N) is 1. The van der Waals surface area contributed by atoms with Crippen LogP contribution in [0.1, 0.15) is 54.7 Å². The van der Waals surface area contributed by atoms with Gasteiger partial charge in [-0.1, -0.05) is 26.7 Å². The molecular weight excluding hydrogens is 414 g/mol. The maximum Gasteiger partial charge on any atom is 0.434 e. The molecule has 1 saturated carbocycles. The number of alkyl halides is 6. The van der Waals surface area contributed by atoms with E-state index in [-0.39, 0.29) is 12.0 Å². The lowest BCUT2D eigenvalue weighted by Crippen LogP contribution is -2.44. The van der Waals surface area contributed by atoms with E-state index < -0.39 is 40.9 Å². The normalized spacial score (nSPS) is 22.7. The van der Waals surface area contributed by atoms with Gasteiger partial charge in [0.15, 0.2) is 11.5 Å². The number of nitrogens with zero attached hydrogens (tertiary/aromatic N) is 3. The van der Waals surface area contributed by atoms with E-state index in [1.165, 1.54) is 0 Å². The number of aromatic nitrogens is 3. The third-order valence-electron chi connectivity index (χ3n) is 5.60. The molecule has 0 spiro atoms. The third kappa shape index (κ3) is 4.44. The Hall–Kier alpha value is -2.59. The van der Waals surface area contributed by atoms with Gasteiger partial charge in [0.1, 0.15) is 0 Å². The number of pyridine rings is 1. The summed E-state index contributed by atoms with van der Waals surface area (Å²) in [5.41, 5.74) is -3.19. The molecule has 11 heteroatoms. The summed E-state index contributed by atoms with van der Waals surface area (Å²) in [6.45, 7) is 3.97. The highest BCUT2D eigenvalue weighted by Gasteiger charge is 2.42. The summed E-state index contributed by atoms with van der Waals surface area (Å²) in [6, 6.07) is 1.11. The van der Waals surface area contributed by atoms with Gasteiger partial charge < -0.3 is 5.32 Å². The van der Waals surface area contributed by atoms with Crippen LogP contribution in [0.2, 0.25) is 0 Å². The van der Waals surface area contributed by atoms with Crippen molar-refractivity contribution in [3.05, 3.63) is 41.3 Å². The van der Waals surface area contributed by atoms with E-state index in [9.17, 15) is 31.1 Å². The van der Waals surface area contributed by atoms with E-state index in [0.29, 0.717) is 29.3 Å². The van der Waals surface area contributed by atoms with Crippen molar-refractivity contribution in [2.75, 3.05) is 0 Å². The third-order valence-corrected chi connectivity index (χ3v) is 5.60. The molecule has 3 rings (SSSR count). The maximum absolute atomic E-state index is 13.7. The molecule has 5 nitrogen and oxygen atoms in total. The number of carbonyl (C=O) groups is 1. The minimum Gasteiger partial charge on any atom is -0.349 e. The molecule has 30 heavy (non-hydrogen) atoms.